The molecule has 0 aromatic carbocycles. The van der Waals surface area contributed by atoms with Gasteiger partial charge in [0.25, 0.3) is 5.82 Å². The predicted molar refractivity (Wildman–Crippen MR) is 77.1 cm³/mol. The number of halogens is 3. The molecule has 0 spiro atoms. The molecule has 1 atom stereocenters. The lowest BCUT2D eigenvalue weighted by Crippen LogP contribution is -2.21. The summed E-state index contributed by atoms with van der Waals surface area (Å²) in [6.45, 7) is 1.69. The van der Waals surface area contributed by atoms with E-state index in [0.717, 1.165) is 16.6 Å². The highest BCUT2D eigenvalue weighted by Crippen LogP contribution is 2.36. The average molecular weight is 362 g/mol. The van der Waals surface area contributed by atoms with Gasteiger partial charge in [-0.2, -0.15) is 18.2 Å². The smallest absolute Gasteiger partial charge is 0.338 e. The molecule has 0 aliphatic carbocycles. The minimum atomic E-state index is -4.67. The monoisotopic (exact) mass is 362 g/mol. The molecule has 23 heavy (non-hydrogen) atoms. The maximum Gasteiger partial charge on any atom is 0.453 e. The molecule has 2 N–H and O–H groups in total. The van der Waals surface area contributed by atoms with Gasteiger partial charge >= 0.3 is 6.18 Å². The molecule has 1 unspecified atom stereocenters. The van der Waals surface area contributed by atoms with Crippen LogP contribution in [0.4, 0.5) is 13.2 Å². The van der Waals surface area contributed by atoms with Crippen molar-refractivity contribution >= 4 is 23.1 Å². The van der Waals surface area contributed by atoms with Gasteiger partial charge in [-0.1, -0.05) is 23.0 Å². The summed E-state index contributed by atoms with van der Waals surface area (Å²) in [6.07, 6.45) is -4.67. The van der Waals surface area contributed by atoms with Crippen LogP contribution in [0.5, 0.6) is 0 Å². The van der Waals surface area contributed by atoms with Gasteiger partial charge in [-0.25, -0.2) is 4.68 Å². The molecule has 0 radical (unpaired) electrons. The Bertz CT molecular complexity index is 797. The zero-order chi connectivity index (χ0) is 16.6. The van der Waals surface area contributed by atoms with Crippen LogP contribution < -0.4 is 5.84 Å². The topological polar surface area (TPSA) is 95.7 Å². The SMILES string of the molecule is CC(Sc1nnc(C(F)(F)F)n1N)c1nc(-c2cccs2)no1. The van der Waals surface area contributed by atoms with Crippen LogP contribution in [0, 0.1) is 0 Å². The van der Waals surface area contributed by atoms with Crippen molar-refractivity contribution in [2.45, 2.75) is 23.5 Å². The molecule has 0 saturated heterocycles. The lowest BCUT2D eigenvalue weighted by Gasteiger charge is -2.07. The molecule has 0 bridgehead atoms. The Labute approximate surface area is 135 Å². The predicted octanol–water partition coefficient (Wildman–Crippen LogP) is 2.98. The number of hydrogen-bond donors (Lipinski definition) is 1. The minimum absolute atomic E-state index is 0.0966. The van der Waals surface area contributed by atoms with Crippen LogP contribution in [0.25, 0.3) is 10.7 Å². The first kappa shape index (κ1) is 15.8. The van der Waals surface area contributed by atoms with Crippen LogP contribution in [0.15, 0.2) is 27.2 Å². The summed E-state index contributed by atoms with van der Waals surface area (Å²) < 4.78 is 43.4. The number of nitrogens with zero attached hydrogens (tertiary/aromatic N) is 5. The molecule has 3 aromatic rings. The molecule has 0 aliphatic rings. The molecule has 0 amide bonds. The fourth-order valence-corrected chi connectivity index (χ4v) is 3.12. The van der Waals surface area contributed by atoms with E-state index in [4.69, 9.17) is 10.4 Å². The van der Waals surface area contributed by atoms with Gasteiger partial charge in [0.05, 0.1) is 10.1 Å². The van der Waals surface area contributed by atoms with Crippen molar-refractivity contribution in [3.8, 4) is 10.7 Å². The normalized spacial score (nSPS) is 13.4. The van der Waals surface area contributed by atoms with E-state index in [1.165, 1.54) is 11.3 Å². The second-order valence-electron chi connectivity index (χ2n) is 4.37. The van der Waals surface area contributed by atoms with Gasteiger partial charge in [-0.15, -0.1) is 21.5 Å². The Morgan fingerprint density at radius 2 is 2.17 bits per heavy atom. The largest absolute Gasteiger partial charge is 0.453 e. The van der Waals surface area contributed by atoms with E-state index in [1.807, 2.05) is 17.5 Å². The first-order chi connectivity index (χ1) is 10.9. The van der Waals surface area contributed by atoms with Gasteiger partial charge in [-0.05, 0) is 18.4 Å². The standard InChI is InChI=1S/C11H9F3N6OS2/c1-5(8-16-7(19-21-8)6-3-2-4-22-6)23-10-18-17-9(20(10)15)11(12,13)14/h2-5H,15H2,1H3. The minimum Gasteiger partial charge on any atom is -0.338 e. The van der Waals surface area contributed by atoms with E-state index in [2.05, 4.69) is 20.3 Å². The molecule has 12 heteroatoms. The van der Waals surface area contributed by atoms with Crippen LogP contribution in [0.2, 0.25) is 0 Å². The van der Waals surface area contributed by atoms with Crippen LogP contribution in [-0.2, 0) is 6.18 Å². The first-order valence-electron chi connectivity index (χ1n) is 6.18. The number of hydrogen-bond acceptors (Lipinski definition) is 8. The summed E-state index contributed by atoms with van der Waals surface area (Å²) in [5, 5.41) is 11.7. The van der Waals surface area contributed by atoms with E-state index in [0.29, 0.717) is 10.5 Å². The van der Waals surface area contributed by atoms with Crippen molar-refractivity contribution in [3.05, 3.63) is 29.2 Å². The zero-order valence-corrected chi connectivity index (χ0v) is 13.1. The maximum absolute atomic E-state index is 12.6. The van der Waals surface area contributed by atoms with Gasteiger partial charge in [0, 0.05) is 0 Å². The van der Waals surface area contributed by atoms with Gasteiger partial charge in [0.2, 0.25) is 16.9 Å². The molecule has 3 rings (SSSR count). The summed E-state index contributed by atoms with van der Waals surface area (Å²) in [4.78, 5) is 5.06. The third-order valence-electron chi connectivity index (χ3n) is 2.73. The van der Waals surface area contributed by atoms with Crippen molar-refractivity contribution in [2.75, 3.05) is 5.84 Å². The van der Waals surface area contributed by atoms with E-state index < -0.39 is 17.3 Å². The quantitative estimate of drug-likeness (QED) is 0.563. The molecule has 7 nitrogen and oxygen atoms in total. The van der Waals surface area contributed by atoms with Crippen LogP contribution >= 0.6 is 23.1 Å². The van der Waals surface area contributed by atoms with E-state index in [9.17, 15) is 13.2 Å². The van der Waals surface area contributed by atoms with Gasteiger partial charge in [0.15, 0.2) is 0 Å². The molecule has 3 heterocycles. The van der Waals surface area contributed by atoms with E-state index in [-0.39, 0.29) is 11.0 Å². The van der Waals surface area contributed by atoms with Crippen molar-refractivity contribution in [2.24, 2.45) is 0 Å². The number of rotatable bonds is 4. The van der Waals surface area contributed by atoms with Crippen molar-refractivity contribution in [1.82, 2.24) is 25.0 Å². The fourth-order valence-electron chi connectivity index (χ4n) is 1.67. The molecule has 0 fully saturated rings. The molecule has 0 aliphatic heterocycles. The molecule has 122 valence electrons. The number of thiophene rings is 1. The second-order valence-corrected chi connectivity index (χ2v) is 6.62. The van der Waals surface area contributed by atoms with E-state index in [1.54, 1.807) is 6.92 Å². The number of thioether (sulfide) groups is 1. The van der Waals surface area contributed by atoms with Gasteiger partial charge in [0.1, 0.15) is 0 Å². The van der Waals surface area contributed by atoms with Gasteiger partial charge < -0.3 is 10.4 Å². The first-order valence-corrected chi connectivity index (χ1v) is 7.94. The van der Waals surface area contributed by atoms with E-state index >= 15 is 0 Å². The Balaban J connectivity index is 1.77. The summed E-state index contributed by atoms with van der Waals surface area (Å²) in [7, 11) is 0. The number of aromatic nitrogens is 5. The number of nitrogens with two attached hydrogens (primary N) is 1. The molecule has 0 saturated carbocycles. The fraction of sp³-hybridized carbons (Fsp3) is 0.273. The Morgan fingerprint density at radius 3 is 2.78 bits per heavy atom. The number of nitrogen functional groups attached to an aromatic ring is 1. The summed E-state index contributed by atoms with van der Waals surface area (Å²) in [5.41, 5.74) is 0. The highest BCUT2D eigenvalue weighted by atomic mass is 32.2. The average Bonchev–Trinajstić information content (AvgIpc) is 3.17. The highest BCUT2D eigenvalue weighted by Gasteiger charge is 2.38. The molecular weight excluding hydrogens is 353 g/mol. The van der Waals surface area contributed by atoms with Crippen LogP contribution in [-0.4, -0.2) is 25.0 Å². The van der Waals surface area contributed by atoms with Crippen molar-refractivity contribution in [3.63, 3.8) is 0 Å². The molecular formula is C11H9F3N6OS2. The highest BCUT2D eigenvalue weighted by molar-refractivity contribution is 7.99. The Morgan fingerprint density at radius 1 is 1.39 bits per heavy atom. The van der Waals surface area contributed by atoms with Crippen LogP contribution in [0.3, 0.4) is 0 Å². The second kappa shape index (κ2) is 5.85. The van der Waals surface area contributed by atoms with Crippen molar-refractivity contribution in [1.29, 1.82) is 0 Å². The Hall–Kier alpha value is -2.08. The summed E-state index contributed by atoms with van der Waals surface area (Å²) in [6, 6.07) is 3.69. The third-order valence-corrected chi connectivity index (χ3v) is 4.64. The van der Waals surface area contributed by atoms with Gasteiger partial charge in [-0.3, -0.25) is 0 Å². The Kier molecular flexibility index (Phi) is 4.02. The number of alkyl halides is 3. The van der Waals surface area contributed by atoms with Crippen molar-refractivity contribution < 1.29 is 17.7 Å². The lowest BCUT2D eigenvalue weighted by molar-refractivity contribution is -0.146. The maximum atomic E-state index is 12.6. The zero-order valence-electron chi connectivity index (χ0n) is 11.5. The van der Waals surface area contributed by atoms with Crippen LogP contribution in [0.1, 0.15) is 23.9 Å². The summed E-state index contributed by atoms with van der Waals surface area (Å²) in [5.74, 6) is 4.80. The molecule has 3 aromatic heterocycles. The summed E-state index contributed by atoms with van der Waals surface area (Å²) >= 11 is 2.39. The lowest BCUT2D eigenvalue weighted by atomic mass is 10.4. The third kappa shape index (κ3) is 3.17.